The van der Waals surface area contributed by atoms with Crippen molar-refractivity contribution >= 4 is 23.2 Å². The summed E-state index contributed by atoms with van der Waals surface area (Å²) in [5.74, 6) is -0.238. The molecule has 14 heavy (non-hydrogen) atoms. The molecule has 0 bridgehead atoms. The first kappa shape index (κ1) is 11.8. The summed E-state index contributed by atoms with van der Waals surface area (Å²) in [6.45, 7) is 2.02. The molecule has 3 heteroatoms. The molecule has 0 saturated heterocycles. The van der Waals surface area contributed by atoms with Crippen LogP contribution < -0.4 is 0 Å². The van der Waals surface area contributed by atoms with Gasteiger partial charge in [0.25, 0.3) is 0 Å². The van der Waals surface area contributed by atoms with Crippen LogP contribution in [0, 0.1) is 5.82 Å². The molecule has 0 aliphatic heterocycles. The maximum absolute atomic E-state index is 13.3. The number of benzene rings is 1. The molecule has 0 aliphatic rings. The molecule has 0 amide bonds. The zero-order valence-electron chi connectivity index (χ0n) is 8.06. The Balaban J connectivity index is 2.59. The highest BCUT2D eigenvalue weighted by molar-refractivity contribution is 6.30. The minimum atomic E-state index is -0.238. The zero-order valence-corrected chi connectivity index (χ0v) is 9.58. The number of hydrogen-bond donors (Lipinski definition) is 0. The molecule has 0 fully saturated rings. The highest BCUT2D eigenvalue weighted by Gasteiger charge is 2.06. The van der Waals surface area contributed by atoms with Gasteiger partial charge in [-0.2, -0.15) is 0 Å². The molecule has 0 nitrogen and oxygen atoms in total. The molecule has 1 aromatic carbocycles. The minimum Gasteiger partial charge on any atom is -0.207 e. The van der Waals surface area contributed by atoms with Crippen molar-refractivity contribution in [3.63, 3.8) is 0 Å². The van der Waals surface area contributed by atoms with Gasteiger partial charge in [-0.3, -0.25) is 0 Å². The first-order chi connectivity index (χ1) is 6.63. The molecule has 1 unspecified atom stereocenters. The Bertz CT molecular complexity index is 299. The lowest BCUT2D eigenvalue weighted by Gasteiger charge is -2.07. The Labute approximate surface area is 94.0 Å². The maximum atomic E-state index is 13.3. The molecule has 0 aliphatic carbocycles. The first-order valence-electron chi connectivity index (χ1n) is 4.71. The second-order valence-electron chi connectivity index (χ2n) is 3.28. The summed E-state index contributed by atoms with van der Waals surface area (Å²) in [4.78, 5) is 0. The Hall–Kier alpha value is -0.270. The van der Waals surface area contributed by atoms with Crippen molar-refractivity contribution in [2.75, 3.05) is 0 Å². The van der Waals surface area contributed by atoms with Crippen molar-refractivity contribution in [3.05, 3.63) is 34.6 Å². The minimum absolute atomic E-state index is 0.130. The quantitative estimate of drug-likeness (QED) is 0.677. The Morgan fingerprint density at radius 2 is 2.14 bits per heavy atom. The van der Waals surface area contributed by atoms with Gasteiger partial charge in [0.15, 0.2) is 0 Å². The van der Waals surface area contributed by atoms with Crippen LogP contribution in [-0.2, 0) is 6.42 Å². The molecular formula is C11H13Cl2F. The molecule has 1 rings (SSSR count). The summed E-state index contributed by atoms with van der Waals surface area (Å²) in [5.41, 5.74) is 0.688. The lowest BCUT2D eigenvalue weighted by Crippen LogP contribution is -2.00. The van der Waals surface area contributed by atoms with Crippen molar-refractivity contribution in [2.45, 2.75) is 31.6 Å². The third-order valence-electron chi connectivity index (χ3n) is 2.18. The van der Waals surface area contributed by atoms with Crippen LogP contribution in [0.15, 0.2) is 18.2 Å². The fourth-order valence-corrected chi connectivity index (χ4v) is 1.51. The second-order valence-corrected chi connectivity index (χ2v) is 4.33. The van der Waals surface area contributed by atoms with Crippen molar-refractivity contribution < 1.29 is 4.39 Å². The summed E-state index contributed by atoms with van der Waals surface area (Å²) in [5, 5.41) is 0.564. The number of alkyl halides is 1. The summed E-state index contributed by atoms with van der Waals surface area (Å²) < 4.78 is 13.3. The van der Waals surface area contributed by atoms with Gasteiger partial charge in [-0.25, -0.2) is 4.39 Å². The second kappa shape index (κ2) is 5.57. The first-order valence-corrected chi connectivity index (χ1v) is 5.53. The Kier molecular flexibility index (Phi) is 4.70. The highest BCUT2D eigenvalue weighted by atomic mass is 35.5. The SMILES string of the molecule is CCC(Cl)CCc1ccc(Cl)cc1F. The molecule has 0 saturated carbocycles. The van der Waals surface area contributed by atoms with Crippen molar-refractivity contribution in [1.82, 2.24) is 0 Å². The summed E-state index contributed by atoms with van der Waals surface area (Å²) in [6, 6.07) is 4.76. The van der Waals surface area contributed by atoms with Crippen LogP contribution in [0.5, 0.6) is 0 Å². The lowest BCUT2D eigenvalue weighted by atomic mass is 10.1. The van der Waals surface area contributed by atoms with Crippen LogP contribution in [0.4, 0.5) is 4.39 Å². The van der Waals surface area contributed by atoms with Crippen LogP contribution in [0.2, 0.25) is 5.02 Å². The smallest absolute Gasteiger partial charge is 0.127 e. The summed E-state index contributed by atoms with van der Waals surface area (Å²) in [7, 11) is 0. The molecule has 0 spiro atoms. The molecule has 0 heterocycles. The van der Waals surface area contributed by atoms with Crippen LogP contribution in [0.1, 0.15) is 25.3 Å². The molecule has 1 atom stereocenters. The van der Waals surface area contributed by atoms with E-state index in [1.807, 2.05) is 6.92 Å². The molecule has 1 aromatic rings. The fourth-order valence-electron chi connectivity index (χ4n) is 1.24. The average molecular weight is 235 g/mol. The van der Waals surface area contributed by atoms with Gasteiger partial charge in [0.2, 0.25) is 0 Å². The van der Waals surface area contributed by atoms with Gasteiger partial charge >= 0.3 is 0 Å². The monoisotopic (exact) mass is 234 g/mol. The van der Waals surface area contributed by atoms with Crippen LogP contribution in [-0.4, -0.2) is 5.38 Å². The van der Waals surface area contributed by atoms with Gasteiger partial charge in [-0.05, 0) is 37.0 Å². The van der Waals surface area contributed by atoms with Gasteiger partial charge < -0.3 is 0 Å². The number of rotatable bonds is 4. The van der Waals surface area contributed by atoms with E-state index < -0.39 is 0 Å². The largest absolute Gasteiger partial charge is 0.207 e. The fraction of sp³-hybridized carbons (Fsp3) is 0.455. The maximum Gasteiger partial charge on any atom is 0.127 e. The van der Waals surface area contributed by atoms with E-state index in [4.69, 9.17) is 23.2 Å². The Morgan fingerprint density at radius 1 is 1.43 bits per heavy atom. The van der Waals surface area contributed by atoms with Crippen LogP contribution >= 0.6 is 23.2 Å². The van der Waals surface area contributed by atoms with Gasteiger partial charge in [0.05, 0.1) is 0 Å². The molecule has 0 aromatic heterocycles. The molecule has 78 valence electrons. The standard InChI is InChI=1S/C11H13Cl2F/c1-2-9(12)5-3-8-4-6-10(13)7-11(8)14/h4,6-7,9H,2-3,5H2,1H3. The van der Waals surface area contributed by atoms with Gasteiger partial charge in [0, 0.05) is 10.4 Å². The summed E-state index contributed by atoms with van der Waals surface area (Å²) >= 11 is 11.6. The van der Waals surface area contributed by atoms with E-state index >= 15 is 0 Å². The lowest BCUT2D eigenvalue weighted by molar-refractivity contribution is 0.600. The molecule has 0 N–H and O–H groups in total. The average Bonchev–Trinajstić information content (AvgIpc) is 2.16. The number of halogens is 3. The van der Waals surface area contributed by atoms with E-state index in [1.54, 1.807) is 12.1 Å². The van der Waals surface area contributed by atoms with E-state index in [-0.39, 0.29) is 11.2 Å². The van der Waals surface area contributed by atoms with E-state index in [9.17, 15) is 4.39 Å². The Morgan fingerprint density at radius 3 is 2.71 bits per heavy atom. The van der Waals surface area contributed by atoms with Crippen molar-refractivity contribution in [1.29, 1.82) is 0 Å². The molecule has 0 radical (unpaired) electrons. The highest BCUT2D eigenvalue weighted by Crippen LogP contribution is 2.18. The van der Waals surface area contributed by atoms with Gasteiger partial charge in [0.1, 0.15) is 5.82 Å². The normalized spacial score (nSPS) is 12.9. The summed E-state index contributed by atoms with van der Waals surface area (Å²) in [6.07, 6.45) is 2.39. The number of hydrogen-bond acceptors (Lipinski definition) is 0. The van der Waals surface area contributed by atoms with E-state index in [0.29, 0.717) is 17.0 Å². The predicted octanol–water partition coefficient (Wildman–Crippen LogP) is 4.43. The number of aryl methyl sites for hydroxylation is 1. The van der Waals surface area contributed by atoms with Crippen LogP contribution in [0.3, 0.4) is 0 Å². The third kappa shape index (κ3) is 3.47. The van der Waals surface area contributed by atoms with E-state index in [0.717, 1.165) is 12.8 Å². The van der Waals surface area contributed by atoms with Crippen molar-refractivity contribution in [2.24, 2.45) is 0 Å². The van der Waals surface area contributed by atoms with E-state index in [1.165, 1.54) is 6.07 Å². The molecular weight excluding hydrogens is 222 g/mol. The zero-order chi connectivity index (χ0) is 10.6. The van der Waals surface area contributed by atoms with E-state index in [2.05, 4.69) is 0 Å². The van der Waals surface area contributed by atoms with Gasteiger partial charge in [-0.1, -0.05) is 24.6 Å². The third-order valence-corrected chi connectivity index (χ3v) is 2.95. The topological polar surface area (TPSA) is 0 Å². The van der Waals surface area contributed by atoms with Gasteiger partial charge in [-0.15, -0.1) is 11.6 Å². The predicted molar refractivity (Wildman–Crippen MR) is 59.7 cm³/mol. The van der Waals surface area contributed by atoms with Crippen molar-refractivity contribution in [3.8, 4) is 0 Å². The van der Waals surface area contributed by atoms with Crippen LogP contribution in [0.25, 0.3) is 0 Å².